The van der Waals surface area contributed by atoms with E-state index in [1.807, 2.05) is 25.1 Å². The summed E-state index contributed by atoms with van der Waals surface area (Å²) >= 11 is 0. The molecule has 9 nitrogen and oxygen atoms in total. The van der Waals surface area contributed by atoms with E-state index in [-0.39, 0.29) is 12.5 Å². The molecule has 0 bridgehead atoms. The summed E-state index contributed by atoms with van der Waals surface area (Å²) in [7, 11) is 0. The Morgan fingerprint density at radius 3 is 2.89 bits per heavy atom. The van der Waals surface area contributed by atoms with E-state index in [9.17, 15) is 4.79 Å². The normalized spacial score (nSPS) is 14.1. The Balaban J connectivity index is 1.45. The molecule has 1 N–H and O–H groups in total. The number of anilines is 2. The van der Waals surface area contributed by atoms with E-state index < -0.39 is 0 Å². The number of hydrogen-bond acceptors (Lipinski definition) is 7. The average molecular weight is 379 g/mol. The third-order valence-corrected chi connectivity index (χ3v) is 4.36. The highest BCUT2D eigenvalue weighted by Gasteiger charge is 2.17. The number of nitrogens with zero attached hydrogens (tertiary/aromatic N) is 6. The van der Waals surface area contributed by atoms with Gasteiger partial charge in [-0.05, 0) is 19.1 Å². The first-order chi connectivity index (χ1) is 13.7. The number of carbonyl (C=O) groups is 1. The summed E-state index contributed by atoms with van der Waals surface area (Å²) in [5.74, 6) is 1.35. The topological polar surface area (TPSA) is 98.1 Å². The summed E-state index contributed by atoms with van der Waals surface area (Å²) in [5.41, 5.74) is 2.46. The van der Waals surface area contributed by atoms with Crippen molar-refractivity contribution < 1.29 is 9.53 Å². The summed E-state index contributed by atoms with van der Waals surface area (Å²) < 4.78 is 6.90. The highest BCUT2D eigenvalue weighted by atomic mass is 16.5. The molecule has 4 rings (SSSR count). The summed E-state index contributed by atoms with van der Waals surface area (Å²) in [6.07, 6.45) is 6.96. The first-order valence-corrected chi connectivity index (χ1v) is 9.08. The lowest BCUT2D eigenvalue weighted by Crippen LogP contribution is -2.42. The van der Waals surface area contributed by atoms with Gasteiger partial charge in [0, 0.05) is 43.3 Å². The zero-order chi connectivity index (χ0) is 19.3. The van der Waals surface area contributed by atoms with E-state index in [1.54, 1.807) is 34.4 Å². The average Bonchev–Trinajstić information content (AvgIpc) is 3.15. The number of nitrogens with one attached hydrogen (secondary N) is 1. The molecule has 28 heavy (non-hydrogen) atoms. The number of morpholine rings is 1. The first kappa shape index (κ1) is 18.1. The first-order valence-electron chi connectivity index (χ1n) is 9.08. The predicted octanol–water partition coefficient (Wildman–Crippen LogP) is 1.65. The van der Waals surface area contributed by atoms with Crippen LogP contribution in [0.3, 0.4) is 0 Å². The molecule has 0 radical (unpaired) electrons. The van der Waals surface area contributed by atoms with Crippen LogP contribution in [-0.4, -0.2) is 61.8 Å². The molecule has 3 aromatic rings. The van der Waals surface area contributed by atoms with Crippen LogP contribution in [-0.2, 0) is 16.1 Å². The van der Waals surface area contributed by atoms with Crippen molar-refractivity contribution in [3.63, 3.8) is 0 Å². The second kappa shape index (κ2) is 8.13. The van der Waals surface area contributed by atoms with Crippen LogP contribution in [0.25, 0.3) is 11.3 Å². The summed E-state index contributed by atoms with van der Waals surface area (Å²) in [4.78, 5) is 27.2. The lowest BCUT2D eigenvalue weighted by atomic mass is 10.2. The number of aryl methyl sites for hydroxylation is 1. The highest BCUT2D eigenvalue weighted by molar-refractivity contribution is 5.76. The van der Waals surface area contributed by atoms with Crippen molar-refractivity contribution in [3.05, 3.63) is 48.8 Å². The van der Waals surface area contributed by atoms with Gasteiger partial charge in [-0.1, -0.05) is 0 Å². The van der Waals surface area contributed by atoms with Crippen LogP contribution in [0.15, 0.2) is 43.0 Å². The zero-order valence-corrected chi connectivity index (χ0v) is 15.6. The van der Waals surface area contributed by atoms with Crippen molar-refractivity contribution in [1.29, 1.82) is 0 Å². The Labute approximate surface area is 162 Å². The molecule has 0 aromatic carbocycles. The quantitative estimate of drug-likeness (QED) is 0.720. The Morgan fingerprint density at radius 1 is 1.25 bits per heavy atom. The van der Waals surface area contributed by atoms with Gasteiger partial charge in [0.25, 0.3) is 0 Å². The van der Waals surface area contributed by atoms with Crippen molar-refractivity contribution in [2.75, 3.05) is 31.6 Å². The van der Waals surface area contributed by atoms with E-state index in [0.717, 1.165) is 16.9 Å². The highest BCUT2D eigenvalue weighted by Crippen LogP contribution is 2.21. The Kier molecular flexibility index (Phi) is 5.24. The van der Waals surface area contributed by atoms with Gasteiger partial charge in [-0.2, -0.15) is 5.10 Å². The second-order valence-electron chi connectivity index (χ2n) is 6.47. The van der Waals surface area contributed by atoms with Gasteiger partial charge in [0.2, 0.25) is 5.91 Å². The molecule has 0 saturated carbocycles. The lowest BCUT2D eigenvalue weighted by Gasteiger charge is -2.26. The van der Waals surface area contributed by atoms with Gasteiger partial charge >= 0.3 is 0 Å². The van der Waals surface area contributed by atoms with Gasteiger partial charge in [0.1, 0.15) is 18.2 Å². The number of amides is 1. The lowest BCUT2D eigenvalue weighted by molar-refractivity contribution is -0.136. The zero-order valence-electron chi connectivity index (χ0n) is 15.6. The van der Waals surface area contributed by atoms with Crippen LogP contribution in [0.2, 0.25) is 0 Å². The SMILES string of the molecule is Cc1nc(Nc2cnn(CC(=O)N3CCOCC3)c2)cc(-c2cccnc2)n1. The maximum atomic E-state index is 12.3. The third-order valence-electron chi connectivity index (χ3n) is 4.36. The number of hydrogen-bond donors (Lipinski definition) is 1. The van der Waals surface area contributed by atoms with Gasteiger partial charge in [-0.15, -0.1) is 0 Å². The molecule has 1 amide bonds. The van der Waals surface area contributed by atoms with Gasteiger partial charge in [-0.3, -0.25) is 14.5 Å². The molecule has 1 aliphatic heterocycles. The molecule has 0 aliphatic carbocycles. The van der Waals surface area contributed by atoms with Crippen LogP contribution in [0.4, 0.5) is 11.5 Å². The number of carbonyl (C=O) groups excluding carboxylic acids is 1. The maximum Gasteiger partial charge on any atom is 0.244 e. The number of ether oxygens (including phenoxy) is 1. The van der Waals surface area contributed by atoms with Gasteiger partial charge in [0.05, 0.1) is 30.8 Å². The van der Waals surface area contributed by atoms with Crippen LogP contribution in [0.1, 0.15) is 5.82 Å². The second-order valence-corrected chi connectivity index (χ2v) is 6.47. The van der Waals surface area contributed by atoms with Crippen molar-refractivity contribution in [1.82, 2.24) is 29.6 Å². The molecule has 0 spiro atoms. The van der Waals surface area contributed by atoms with Crippen molar-refractivity contribution in [3.8, 4) is 11.3 Å². The number of aromatic nitrogens is 5. The minimum atomic E-state index is 0.0368. The molecule has 4 heterocycles. The van der Waals surface area contributed by atoms with E-state index in [0.29, 0.717) is 37.9 Å². The van der Waals surface area contributed by atoms with Crippen molar-refractivity contribution in [2.45, 2.75) is 13.5 Å². The van der Waals surface area contributed by atoms with E-state index >= 15 is 0 Å². The minimum Gasteiger partial charge on any atom is -0.378 e. The van der Waals surface area contributed by atoms with Crippen molar-refractivity contribution in [2.24, 2.45) is 0 Å². The maximum absolute atomic E-state index is 12.3. The molecule has 144 valence electrons. The van der Waals surface area contributed by atoms with Crippen LogP contribution in [0, 0.1) is 6.92 Å². The molecule has 1 aliphatic rings. The fraction of sp³-hybridized carbons (Fsp3) is 0.316. The Hall–Kier alpha value is -3.33. The van der Waals surface area contributed by atoms with E-state index in [2.05, 4.69) is 25.4 Å². The molecular formula is C19H21N7O2. The molecule has 1 saturated heterocycles. The number of rotatable bonds is 5. The van der Waals surface area contributed by atoms with Gasteiger partial charge in [-0.25, -0.2) is 9.97 Å². The molecule has 0 atom stereocenters. The largest absolute Gasteiger partial charge is 0.378 e. The van der Waals surface area contributed by atoms with Crippen LogP contribution < -0.4 is 5.32 Å². The Bertz CT molecular complexity index is 952. The minimum absolute atomic E-state index is 0.0368. The summed E-state index contributed by atoms with van der Waals surface area (Å²) in [5, 5.41) is 7.50. The predicted molar refractivity (Wildman–Crippen MR) is 103 cm³/mol. The van der Waals surface area contributed by atoms with Gasteiger partial charge < -0.3 is 15.0 Å². The molecule has 1 fully saturated rings. The number of pyridine rings is 1. The van der Waals surface area contributed by atoms with Gasteiger partial charge in [0.15, 0.2) is 0 Å². The fourth-order valence-corrected chi connectivity index (χ4v) is 3.01. The molecule has 9 heteroatoms. The van der Waals surface area contributed by atoms with Crippen molar-refractivity contribution >= 4 is 17.4 Å². The molecular weight excluding hydrogens is 358 g/mol. The smallest absolute Gasteiger partial charge is 0.244 e. The Morgan fingerprint density at radius 2 is 2.11 bits per heavy atom. The monoisotopic (exact) mass is 379 g/mol. The fourth-order valence-electron chi connectivity index (χ4n) is 3.01. The van der Waals surface area contributed by atoms with E-state index in [4.69, 9.17) is 4.74 Å². The summed E-state index contributed by atoms with van der Waals surface area (Å²) in [6.45, 7) is 4.47. The standard InChI is InChI=1S/C19H21N7O2/c1-14-22-17(15-3-2-4-20-10-15)9-18(23-14)24-16-11-21-26(12-16)13-19(27)25-5-7-28-8-6-25/h2-4,9-12H,5-8,13H2,1H3,(H,22,23,24). The molecule has 0 unspecified atom stereocenters. The van der Waals surface area contributed by atoms with Crippen LogP contribution in [0.5, 0.6) is 0 Å². The summed E-state index contributed by atoms with van der Waals surface area (Å²) in [6, 6.07) is 5.68. The van der Waals surface area contributed by atoms with Crippen LogP contribution >= 0.6 is 0 Å². The van der Waals surface area contributed by atoms with E-state index in [1.165, 1.54) is 0 Å². The third kappa shape index (κ3) is 4.32. The molecule has 3 aromatic heterocycles.